The van der Waals surface area contributed by atoms with Gasteiger partial charge in [0.2, 0.25) is 0 Å². The van der Waals surface area contributed by atoms with Crippen molar-refractivity contribution in [1.82, 2.24) is 14.5 Å². The molecule has 0 unspecified atom stereocenters. The van der Waals surface area contributed by atoms with E-state index in [0.29, 0.717) is 21.5 Å². The minimum absolute atomic E-state index is 0.0532. The molecule has 0 radical (unpaired) electrons. The Morgan fingerprint density at radius 2 is 2.17 bits per heavy atom. The lowest BCUT2D eigenvalue weighted by Gasteiger charge is -2.00. The molecule has 94 valence electrons. The summed E-state index contributed by atoms with van der Waals surface area (Å²) >= 11 is 1.17. The van der Waals surface area contributed by atoms with Gasteiger partial charge in [0.25, 0.3) is 5.91 Å². The van der Waals surface area contributed by atoms with Crippen LogP contribution in [0, 0.1) is 6.92 Å². The van der Waals surface area contributed by atoms with Crippen LogP contribution in [0.1, 0.15) is 32.9 Å². The number of hydrogen-bond acceptors (Lipinski definition) is 5. The average Bonchev–Trinajstić information content (AvgIpc) is 2.84. The number of imidazole rings is 1. The number of carbonyl (C=O) groups is 2. The second-order valence-corrected chi connectivity index (χ2v) is 4.80. The van der Waals surface area contributed by atoms with Gasteiger partial charge < -0.3 is 4.57 Å². The Morgan fingerprint density at radius 3 is 2.67 bits per heavy atom. The normalized spacial score (nSPS) is 10.4. The van der Waals surface area contributed by atoms with Crippen LogP contribution in [0.2, 0.25) is 0 Å². The minimum Gasteiger partial charge on any atom is -0.330 e. The molecule has 0 aliphatic heterocycles. The van der Waals surface area contributed by atoms with Crippen molar-refractivity contribution in [3.8, 4) is 0 Å². The summed E-state index contributed by atoms with van der Waals surface area (Å²) in [6, 6.07) is 0. The van der Waals surface area contributed by atoms with E-state index in [0.717, 1.165) is 0 Å². The lowest BCUT2D eigenvalue weighted by molar-refractivity contribution is 0.100. The van der Waals surface area contributed by atoms with Gasteiger partial charge in [-0.1, -0.05) is 11.3 Å². The van der Waals surface area contributed by atoms with Gasteiger partial charge in [-0.2, -0.15) is 0 Å². The SMILES string of the molecule is CC(=O)c1sc(NC(=O)c2nccn2C)nc1C. The largest absolute Gasteiger partial charge is 0.330 e. The third kappa shape index (κ3) is 2.30. The van der Waals surface area contributed by atoms with Crippen molar-refractivity contribution < 1.29 is 9.59 Å². The quantitative estimate of drug-likeness (QED) is 0.855. The molecule has 2 rings (SSSR count). The first kappa shape index (κ1) is 12.4. The molecule has 0 atom stereocenters. The maximum absolute atomic E-state index is 11.9. The zero-order chi connectivity index (χ0) is 13.3. The number of rotatable bonds is 3. The number of thiazole rings is 1. The van der Waals surface area contributed by atoms with Crippen molar-refractivity contribution in [2.75, 3.05) is 5.32 Å². The molecule has 2 aromatic heterocycles. The van der Waals surface area contributed by atoms with Gasteiger partial charge in [0, 0.05) is 26.4 Å². The summed E-state index contributed by atoms with van der Waals surface area (Å²) in [6.07, 6.45) is 3.23. The number of amides is 1. The van der Waals surface area contributed by atoms with E-state index in [1.807, 2.05) is 0 Å². The monoisotopic (exact) mass is 264 g/mol. The summed E-state index contributed by atoms with van der Waals surface area (Å²) in [4.78, 5) is 31.8. The Kier molecular flexibility index (Phi) is 3.24. The first-order chi connectivity index (χ1) is 8.49. The highest BCUT2D eigenvalue weighted by molar-refractivity contribution is 7.17. The molecule has 0 aromatic carbocycles. The van der Waals surface area contributed by atoms with E-state index >= 15 is 0 Å². The average molecular weight is 264 g/mol. The van der Waals surface area contributed by atoms with Gasteiger partial charge in [0.15, 0.2) is 16.7 Å². The van der Waals surface area contributed by atoms with Gasteiger partial charge in [0.05, 0.1) is 10.6 Å². The molecule has 0 aliphatic carbocycles. The molecule has 7 heteroatoms. The van der Waals surface area contributed by atoms with E-state index in [1.54, 1.807) is 30.9 Å². The zero-order valence-corrected chi connectivity index (χ0v) is 11.0. The Balaban J connectivity index is 2.20. The molecule has 1 amide bonds. The summed E-state index contributed by atoms with van der Waals surface area (Å²) < 4.78 is 1.61. The number of hydrogen-bond donors (Lipinski definition) is 1. The fraction of sp³-hybridized carbons (Fsp3) is 0.273. The molecule has 0 fully saturated rings. The van der Waals surface area contributed by atoms with Crippen LogP contribution in [0.5, 0.6) is 0 Å². The predicted molar refractivity (Wildman–Crippen MR) is 68.0 cm³/mol. The molecule has 0 bridgehead atoms. The van der Waals surface area contributed by atoms with E-state index in [1.165, 1.54) is 18.3 Å². The van der Waals surface area contributed by atoms with Crippen molar-refractivity contribution in [3.05, 3.63) is 28.8 Å². The van der Waals surface area contributed by atoms with Gasteiger partial charge in [0.1, 0.15) is 0 Å². The van der Waals surface area contributed by atoms with Crippen LogP contribution in [0.4, 0.5) is 5.13 Å². The van der Waals surface area contributed by atoms with E-state index < -0.39 is 0 Å². The number of nitrogens with zero attached hydrogens (tertiary/aromatic N) is 3. The molecule has 1 N–H and O–H groups in total. The van der Waals surface area contributed by atoms with E-state index in [-0.39, 0.29) is 11.7 Å². The number of anilines is 1. The molecule has 2 aromatic rings. The second-order valence-electron chi connectivity index (χ2n) is 3.81. The first-order valence-electron chi connectivity index (χ1n) is 5.26. The number of ketones is 1. The van der Waals surface area contributed by atoms with Crippen LogP contribution in [0.15, 0.2) is 12.4 Å². The maximum atomic E-state index is 11.9. The molecule has 18 heavy (non-hydrogen) atoms. The number of aryl methyl sites for hydroxylation is 2. The van der Waals surface area contributed by atoms with Crippen molar-refractivity contribution in [1.29, 1.82) is 0 Å². The third-order valence-electron chi connectivity index (χ3n) is 2.36. The molecular formula is C11H12N4O2S. The third-order valence-corrected chi connectivity index (χ3v) is 3.53. The van der Waals surface area contributed by atoms with E-state index in [4.69, 9.17) is 0 Å². The van der Waals surface area contributed by atoms with Crippen LogP contribution in [0.25, 0.3) is 0 Å². The lowest BCUT2D eigenvalue weighted by Crippen LogP contribution is -2.16. The standard InChI is InChI=1S/C11H12N4O2S/c1-6-8(7(2)16)18-11(13-6)14-10(17)9-12-4-5-15(9)3/h4-5H,1-3H3,(H,13,14,17). The van der Waals surface area contributed by atoms with E-state index in [9.17, 15) is 9.59 Å². The molecule has 6 nitrogen and oxygen atoms in total. The maximum Gasteiger partial charge on any atom is 0.293 e. The molecule has 0 saturated carbocycles. The number of nitrogens with one attached hydrogen (secondary N) is 1. The topological polar surface area (TPSA) is 76.9 Å². The summed E-state index contributed by atoms with van der Waals surface area (Å²) in [7, 11) is 1.73. The van der Waals surface area contributed by atoms with Crippen molar-refractivity contribution in [2.45, 2.75) is 13.8 Å². The minimum atomic E-state index is -0.341. The highest BCUT2D eigenvalue weighted by Crippen LogP contribution is 2.23. The number of Topliss-reactive ketones (excluding diaryl/α,β-unsaturated/α-hetero) is 1. The van der Waals surface area contributed by atoms with Crippen molar-refractivity contribution in [2.24, 2.45) is 7.05 Å². The molecule has 0 spiro atoms. The summed E-state index contributed by atoms with van der Waals surface area (Å²) in [5.74, 6) is -0.0962. The Bertz CT molecular complexity index is 614. The van der Waals surface area contributed by atoms with Gasteiger partial charge in [-0.15, -0.1) is 0 Å². The summed E-state index contributed by atoms with van der Waals surface area (Å²) in [6.45, 7) is 3.22. The Hall–Kier alpha value is -2.02. The Morgan fingerprint density at radius 1 is 1.44 bits per heavy atom. The first-order valence-corrected chi connectivity index (χ1v) is 6.07. The fourth-order valence-electron chi connectivity index (χ4n) is 1.51. The van der Waals surface area contributed by atoms with Crippen LogP contribution in [-0.2, 0) is 7.05 Å². The van der Waals surface area contributed by atoms with Crippen LogP contribution < -0.4 is 5.32 Å². The second kappa shape index (κ2) is 4.69. The highest BCUT2D eigenvalue weighted by atomic mass is 32.1. The smallest absolute Gasteiger partial charge is 0.293 e. The van der Waals surface area contributed by atoms with Gasteiger partial charge in [-0.25, -0.2) is 9.97 Å². The van der Waals surface area contributed by atoms with Crippen LogP contribution >= 0.6 is 11.3 Å². The van der Waals surface area contributed by atoms with Crippen LogP contribution in [0.3, 0.4) is 0 Å². The highest BCUT2D eigenvalue weighted by Gasteiger charge is 2.16. The fourth-order valence-corrected chi connectivity index (χ4v) is 2.37. The van der Waals surface area contributed by atoms with E-state index in [2.05, 4.69) is 15.3 Å². The van der Waals surface area contributed by atoms with Crippen molar-refractivity contribution >= 4 is 28.2 Å². The zero-order valence-electron chi connectivity index (χ0n) is 10.2. The summed E-state index contributed by atoms with van der Waals surface area (Å²) in [5.41, 5.74) is 0.627. The number of aromatic nitrogens is 3. The molecular weight excluding hydrogens is 252 g/mol. The summed E-state index contributed by atoms with van der Waals surface area (Å²) in [5, 5.41) is 3.04. The Labute approximate surface area is 108 Å². The predicted octanol–water partition coefficient (Wildman–Crippen LogP) is 1.64. The van der Waals surface area contributed by atoms with Gasteiger partial charge in [-0.3, -0.25) is 14.9 Å². The molecule has 2 heterocycles. The molecule has 0 aliphatic rings. The van der Waals surface area contributed by atoms with Gasteiger partial charge >= 0.3 is 0 Å². The molecule has 0 saturated heterocycles. The van der Waals surface area contributed by atoms with Crippen LogP contribution in [-0.4, -0.2) is 26.2 Å². The number of carbonyl (C=O) groups excluding carboxylic acids is 2. The lowest BCUT2D eigenvalue weighted by atomic mass is 10.3. The van der Waals surface area contributed by atoms with Crippen molar-refractivity contribution in [3.63, 3.8) is 0 Å². The van der Waals surface area contributed by atoms with Gasteiger partial charge in [-0.05, 0) is 6.92 Å².